The molecule has 0 amide bonds. The van der Waals surface area contributed by atoms with Crippen LogP contribution in [0.15, 0.2) is 77.7 Å². The van der Waals surface area contributed by atoms with Crippen LogP contribution in [0.3, 0.4) is 0 Å². The summed E-state index contributed by atoms with van der Waals surface area (Å²) in [6, 6.07) is 21.3. The summed E-state index contributed by atoms with van der Waals surface area (Å²) >= 11 is 0. The molecule has 1 saturated heterocycles. The van der Waals surface area contributed by atoms with Crippen LogP contribution in [0.1, 0.15) is 50.5 Å². The van der Waals surface area contributed by atoms with E-state index in [1.807, 2.05) is 43.3 Å². The first-order valence-corrected chi connectivity index (χ1v) is 17.1. The maximum absolute atomic E-state index is 13.2. The Morgan fingerprint density at radius 3 is 2.14 bits per heavy atom. The van der Waals surface area contributed by atoms with Crippen LogP contribution in [-0.2, 0) is 19.4 Å². The number of halogens is 1. The maximum Gasteiger partial charge on any atom is 0.178 e. The minimum Gasteiger partial charge on any atom is -0.492 e. The minimum atomic E-state index is -3.43. The first-order valence-electron chi connectivity index (χ1n) is 15.4. The van der Waals surface area contributed by atoms with E-state index in [9.17, 15) is 17.6 Å². The summed E-state index contributed by atoms with van der Waals surface area (Å²) in [6.07, 6.45) is 3.34. The summed E-state index contributed by atoms with van der Waals surface area (Å²) in [6.45, 7) is 6.93. The second kappa shape index (κ2) is 14.6. The van der Waals surface area contributed by atoms with Gasteiger partial charge in [-0.2, -0.15) is 0 Å². The summed E-state index contributed by atoms with van der Waals surface area (Å²) < 4.78 is 51.0. The van der Waals surface area contributed by atoms with Crippen molar-refractivity contribution in [1.82, 2.24) is 4.90 Å². The number of rotatable bonds is 12. The number of benzene rings is 3. The predicted octanol–water partition coefficient (Wildman–Crippen LogP) is 6.55. The molecule has 1 atom stereocenters. The zero-order chi connectivity index (χ0) is 30.2. The third-order valence-electron chi connectivity index (χ3n) is 8.88. The molecule has 1 aliphatic carbocycles. The Hall–Kier alpha value is -3.07. The van der Waals surface area contributed by atoms with Gasteiger partial charge in [0.05, 0.1) is 23.9 Å². The van der Waals surface area contributed by atoms with Crippen molar-refractivity contribution >= 4 is 15.6 Å². The van der Waals surface area contributed by atoms with Gasteiger partial charge < -0.3 is 9.47 Å². The molecular weight excluding hydrogens is 565 g/mol. The molecular formula is C35H42FNO5S. The third kappa shape index (κ3) is 8.74. The molecule has 2 fully saturated rings. The Kier molecular flexibility index (Phi) is 10.6. The number of sulfone groups is 1. The van der Waals surface area contributed by atoms with Crippen molar-refractivity contribution < 1.29 is 27.1 Å². The summed E-state index contributed by atoms with van der Waals surface area (Å²) in [5.74, 6) is 0.928. The molecule has 3 aromatic rings. The van der Waals surface area contributed by atoms with E-state index in [-0.39, 0.29) is 35.1 Å². The van der Waals surface area contributed by atoms with E-state index in [4.69, 9.17) is 9.47 Å². The van der Waals surface area contributed by atoms with E-state index >= 15 is 0 Å². The van der Waals surface area contributed by atoms with Gasteiger partial charge in [-0.1, -0.05) is 43.3 Å². The number of Topliss-reactive ketones (excluding diaryl/α,β-unsaturated/α-hetero) is 1. The predicted molar refractivity (Wildman–Crippen MR) is 167 cm³/mol. The van der Waals surface area contributed by atoms with Gasteiger partial charge in [-0.15, -0.1) is 0 Å². The first-order chi connectivity index (χ1) is 20.8. The summed E-state index contributed by atoms with van der Waals surface area (Å²) in [7, 11) is -3.43. The van der Waals surface area contributed by atoms with Crippen LogP contribution in [0.25, 0.3) is 11.1 Å². The molecule has 0 spiro atoms. The summed E-state index contributed by atoms with van der Waals surface area (Å²) in [4.78, 5) is 15.6. The van der Waals surface area contributed by atoms with Crippen molar-refractivity contribution in [2.24, 2.45) is 11.8 Å². The molecule has 6 nitrogen and oxygen atoms in total. The maximum atomic E-state index is 13.2. The highest BCUT2D eigenvalue weighted by Gasteiger charge is 2.30. The molecule has 8 heteroatoms. The van der Waals surface area contributed by atoms with Crippen LogP contribution in [0.4, 0.5) is 4.39 Å². The highest BCUT2D eigenvalue weighted by molar-refractivity contribution is 7.91. The van der Waals surface area contributed by atoms with Gasteiger partial charge >= 0.3 is 0 Å². The number of morpholine rings is 1. The number of nitrogens with zero attached hydrogens (tertiary/aromatic N) is 1. The molecule has 0 unspecified atom stereocenters. The molecule has 230 valence electrons. The van der Waals surface area contributed by atoms with E-state index in [2.05, 4.69) is 4.90 Å². The SMILES string of the molecule is C[C@@H](CC(=O)C1CCC(CS(=O)(=O)c2ccc(-c3ccc(OCCN4CCOCC4)cc3)cc2)CC1)c1ccc(F)cc1. The summed E-state index contributed by atoms with van der Waals surface area (Å²) in [5, 5.41) is 0. The van der Waals surface area contributed by atoms with E-state index in [1.165, 1.54) is 12.1 Å². The Balaban J connectivity index is 1.08. The van der Waals surface area contributed by atoms with Gasteiger partial charge in [0.15, 0.2) is 9.84 Å². The molecule has 2 aliphatic rings. The zero-order valence-corrected chi connectivity index (χ0v) is 25.7. The molecule has 0 aromatic heterocycles. The van der Waals surface area contributed by atoms with E-state index in [0.29, 0.717) is 17.9 Å². The Morgan fingerprint density at radius 2 is 1.51 bits per heavy atom. The van der Waals surface area contributed by atoms with Crippen molar-refractivity contribution in [1.29, 1.82) is 0 Å². The van der Waals surface area contributed by atoms with Crippen LogP contribution < -0.4 is 4.74 Å². The lowest BCUT2D eigenvalue weighted by atomic mass is 9.78. The fourth-order valence-electron chi connectivity index (χ4n) is 6.15. The smallest absolute Gasteiger partial charge is 0.178 e. The average Bonchev–Trinajstić information content (AvgIpc) is 3.02. The van der Waals surface area contributed by atoms with Gasteiger partial charge in [-0.3, -0.25) is 9.69 Å². The van der Waals surface area contributed by atoms with Crippen molar-refractivity contribution in [3.8, 4) is 16.9 Å². The van der Waals surface area contributed by atoms with Gasteiger partial charge in [0.25, 0.3) is 0 Å². The highest BCUT2D eigenvalue weighted by atomic mass is 32.2. The van der Waals surface area contributed by atoms with Crippen LogP contribution in [0.2, 0.25) is 0 Å². The van der Waals surface area contributed by atoms with Crippen molar-refractivity contribution in [2.45, 2.75) is 49.8 Å². The zero-order valence-electron chi connectivity index (χ0n) is 24.9. The molecule has 0 N–H and O–H groups in total. The number of hydrogen-bond donors (Lipinski definition) is 0. The van der Waals surface area contributed by atoms with E-state index in [1.54, 1.807) is 24.3 Å². The largest absolute Gasteiger partial charge is 0.492 e. The van der Waals surface area contributed by atoms with Gasteiger partial charge in [-0.25, -0.2) is 12.8 Å². The second-order valence-corrected chi connectivity index (χ2v) is 14.0. The third-order valence-corrected chi connectivity index (χ3v) is 10.8. The van der Waals surface area contributed by atoms with Crippen molar-refractivity contribution in [2.75, 3.05) is 45.2 Å². The Bertz CT molecular complexity index is 1430. The van der Waals surface area contributed by atoms with Crippen LogP contribution >= 0.6 is 0 Å². The molecule has 1 saturated carbocycles. The van der Waals surface area contributed by atoms with Crippen LogP contribution in [0, 0.1) is 17.7 Å². The van der Waals surface area contributed by atoms with Gasteiger partial charge in [0.1, 0.15) is 24.0 Å². The molecule has 0 radical (unpaired) electrons. The number of ketones is 1. The number of hydrogen-bond acceptors (Lipinski definition) is 6. The average molecular weight is 608 g/mol. The number of ether oxygens (including phenoxy) is 2. The molecule has 1 heterocycles. The van der Waals surface area contributed by atoms with Gasteiger partial charge in [0, 0.05) is 32.0 Å². The molecule has 43 heavy (non-hydrogen) atoms. The quantitative estimate of drug-likeness (QED) is 0.233. The number of carbonyl (C=O) groups excluding carboxylic acids is 1. The Morgan fingerprint density at radius 1 is 0.907 bits per heavy atom. The molecule has 5 rings (SSSR count). The topological polar surface area (TPSA) is 72.9 Å². The standard InChI is InChI=1S/C35H42FNO5S/c1-26(28-6-12-32(36)13-7-28)24-35(38)31-4-2-27(3-5-31)25-43(39,40)34-16-10-30(11-17-34)29-8-14-33(15-9-29)42-23-20-37-18-21-41-22-19-37/h6-17,26-27,31H,2-5,18-25H2,1H3/t26-,27?,31?/m0/s1. The molecule has 1 aliphatic heterocycles. The van der Waals surface area contributed by atoms with Crippen LogP contribution in [0.5, 0.6) is 5.75 Å². The summed E-state index contributed by atoms with van der Waals surface area (Å²) in [5.41, 5.74) is 2.91. The molecule has 3 aromatic carbocycles. The normalized spacial score (nSPS) is 20.4. The molecule has 0 bridgehead atoms. The lowest BCUT2D eigenvalue weighted by Crippen LogP contribution is -2.38. The monoisotopic (exact) mass is 607 g/mol. The van der Waals surface area contributed by atoms with Gasteiger partial charge in [-0.05, 0) is 90.6 Å². The second-order valence-electron chi connectivity index (χ2n) is 12.0. The lowest BCUT2D eigenvalue weighted by Gasteiger charge is -2.28. The minimum absolute atomic E-state index is 0.0253. The van der Waals surface area contributed by atoms with Gasteiger partial charge in [0.2, 0.25) is 0 Å². The van der Waals surface area contributed by atoms with E-state index < -0.39 is 9.84 Å². The number of carbonyl (C=O) groups is 1. The van der Waals surface area contributed by atoms with Crippen molar-refractivity contribution in [3.63, 3.8) is 0 Å². The fraction of sp³-hybridized carbons (Fsp3) is 0.457. The first kappa shape index (κ1) is 31.4. The van der Waals surface area contributed by atoms with E-state index in [0.717, 1.165) is 81.0 Å². The lowest BCUT2D eigenvalue weighted by molar-refractivity contribution is -0.124. The van der Waals surface area contributed by atoms with Crippen molar-refractivity contribution in [3.05, 3.63) is 84.2 Å². The van der Waals surface area contributed by atoms with Crippen LogP contribution in [-0.4, -0.2) is 64.3 Å². The Labute approximate surface area is 255 Å². The fourth-order valence-corrected chi connectivity index (χ4v) is 7.85. The highest BCUT2D eigenvalue weighted by Crippen LogP contribution is 2.34.